The Balaban J connectivity index is 0.00000225. The molecule has 0 saturated heterocycles. The maximum Gasteiger partial charge on any atom is 1.00 e. The molecule has 1 N–H and O–H groups in total. The van der Waals surface area contributed by atoms with Crippen LogP contribution < -0.4 is 34.7 Å². The second-order valence-corrected chi connectivity index (χ2v) is 3.73. The normalized spacial score (nSPS) is 14.4. The van der Waals surface area contributed by atoms with Crippen LogP contribution in [0.2, 0.25) is 0 Å². The van der Waals surface area contributed by atoms with Crippen molar-refractivity contribution in [2.75, 3.05) is 0 Å². The summed E-state index contributed by atoms with van der Waals surface area (Å²) < 4.78 is 21.2. The van der Waals surface area contributed by atoms with Gasteiger partial charge in [-0.15, -0.1) is 0 Å². The Kier molecular flexibility index (Phi) is 5.66. The Morgan fingerprint density at radius 3 is 2.25 bits per heavy atom. The summed E-state index contributed by atoms with van der Waals surface area (Å²) in [5.74, 6) is -2.97. The zero-order chi connectivity index (χ0) is 11.6. The molecule has 0 aliphatic heterocycles. The second-order valence-electron chi connectivity index (χ2n) is 2.74. The van der Waals surface area contributed by atoms with E-state index in [1.807, 2.05) is 0 Å². The molecule has 0 aromatic carbocycles. The maximum atomic E-state index is 10.6. The molecule has 0 bridgehead atoms. The number of aliphatic carboxylic acids is 2. The first kappa shape index (κ1) is 15.1. The molecule has 80 valence electrons. The fourth-order valence-corrected chi connectivity index (χ4v) is 1.55. The van der Waals surface area contributed by atoms with E-state index in [0.29, 0.717) is 0 Å². The summed E-state index contributed by atoms with van der Waals surface area (Å²) in [6.07, 6.45) is 1.45. The minimum Gasteiger partial charge on any atom is -0.545 e. The number of hydrogen-bond donors (Lipinski definition) is 1. The van der Waals surface area contributed by atoms with Crippen molar-refractivity contribution < 1.29 is 57.8 Å². The van der Waals surface area contributed by atoms with Crippen LogP contribution in [0.3, 0.4) is 0 Å². The molecule has 0 atom stereocenters. The molecule has 6 nitrogen and oxygen atoms in total. The van der Waals surface area contributed by atoms with Crippen molar-refractivity contribution >= 4 is 27.1 Å². The second kappa shape index (κ2) is 6.00. The predicted molar refractivity (Wildman–Crippen MR) is 47.4 cm³/mol. The van der Waals surface area contributed by atoms with E-state index in [0.717, 1.165) is 12.2 Å². The number of hydrogen-bond acceptors (Lipinski definition) is 5. The zero-order valence-electron chi connectivity index (χ0n) is 8.26. The summed E-state index contributed by atoms with van der Waals surface area (Å²) in [7, 11) is -2.63. The molecular weight excluding hydrogens is 247 g/mol. The van der Waals surface area contributed by atoms with E-state index in [2.05, 4.69) is 0 Å². The van der Waals surface area contributed by atoms with Crippen LogP contribution in [-0.2, 0) is 19.9 Å². The Morgan fingerprint density at radius 1 is 1.31 bits per heavy atom. The quantitative estimate of drug-likeness (QED) is 0.389. The third kappa shape index (κ3) is 3.60. The van der Waals surface area contributed by atoms with Gasteiger partial charge in [0.1, 0.15) is 0 Å². The van der Waals surface area contributed by atoms with Crippen LogP contribution in [0.15, 0.2) is 23.3 Å². The molecule has 0 radical (unpaired) electrons. The monoisotopic (exact) mass is 252 g/mol. The summed E-state index contributed by atoms with van der Waals surface area (Å²) >= 11 is 0. The Bertz CT molecular complexity index is 517. The van der Waals surface area contributed by atoms with Crippen LogP contribution >= 0.6 is 0 Å². The van der Waals surface area contributed by atoms with Crippen molar-refractivity contribution in [1.29, 1.82) is 0 Å². The van der Waals surface area contributed by atoms with E-state index in [4.69, 9.17) is 5.11 Å². The predicted octanol–water partition coefficient (Wildman–Crippen LogP) is -4.87. The van der Waals surface area contributed by atoms with Gasteiger partial charge in [0.2, 0.25) is 10.3 Å². The molecule has 0 heterocycles. The van der Waals surface area contributed by atoms with Crippen LogP contribution in [0.5, 0.6) is 0 Å². The number of carbonyl (C=O) groups is 2. The Labute approximate surface area is 114 Å². The average molecular weight is 252 g/mol. The summed E-state index contributed by atoms with van der Waals surface area (Å²) in [6, 6.07) is 0. The van der Waals surface area contributed by atoms with Gasteiger partial charge in [-0.05, 0) is 17.7 Å². The van der Waals surface area contributed by atoms with Gasteiger partial charge >= 0.3 is 35.5 Å². The molecule has 1 aliphatic rings. The van der Waals surface area contributed by atoms with Crippen molar-refractivity contribution in [2.24, 2.45) is 0 Å². The third-order valence-electron chi connectivity index (χ3n) is 1.74. The van der Waals surface area contributed by atoms with Crippen molar-refractivity contribution in [2.45, 2.75) is 6.42 Å². The standard InChI is InChI=1S/C8H6O6S.Na/c9-7(10)4-1-5(8(11)12)3-6(2-4)15(13)14;/h1-2H,3H2,(H,9,10)(H,11,12);/q;+1/p-1. The fraction of sp³-hybridized carbons (Fsp3) is 0.125. The molecule has 0 amide bonds. The van der Waals surface area contributed by atoms with E-state index < -0.39 is 27.8 Å². The van der Waals surface area contributed by atoms with E-state index in [-0.39, 0.29) is 46.4 Å². The molecule has 1 rings (SSSR count). The smallest absolute Gasteiger partial charge is 0.545 e. The van der Waals surface area contributed by atoms with E-state index in [1.165, 1.54) is 0 Å². The fourth-order valence-electron chi connectivity index (χ4n) is 1.05. The largest absolute Gasteiger partial charge is 1.00 e. The third-order valence-corrected chi connectivity index (χ3v) is 2.43. The molecule has 8 heteroatoms. The van der Waals surface area contributed by atoms with Crippen LogP contribution in [0.4, 0.5) is 0 Å². The van der Waals surface area contributed by atoms with Gasteiger partial charge in [0.25, 0.3) is 0 Å². The van der Waals surface area contributed by atoms with Crippen molar-refractivity contribution in [3.05, 3.63) is 23.3 Å². The topological polar surface area (TPSA) is 112 Å². The first-order valence-corrected chi connectivity index (χ1v) is 4.81. The molecule has 0 unspecified atom stereocenters. The van der Waals surface area contributed by atoms with Crippen LogP contribution in [0.25, 0.3) is 0 Å². The van der Waals surface area contributed by atoms with Gasteiger partial charge in [-0.25, -0.2) is 4.79 Å². The number of carboxylic acids is 2. The summed E-state index contributed by atoms with van der Waals surface area (Å²) in [6.45, 7) is 0. The van der Waals surface area contributed by atoms with E-state index in [9.17, 15) is 23.1 Å². The minimum atomic E-state index is -2.63. The molecule has 0 fully saturated rings. The zero-order valence-corrected chi connectivity index (χ0v) is 11.1. The molecule has 0 aromatic heterocycles. The van der Waals surface area contributed by atoms with Crippen molar-refractivity contribution in [3.8, 4) is 0 Å². The molecular formula is C8H5NaO6S. The van der Waals surface area contributed by atoms with Crippen LogP contribution in [0.1, 0.15) is 6.42 Å². The van der Waals surface area contributed by atoms with Gasteiger partial charge in [-0.1, -0.05) is 0 Å². The molecule has 1 aliphatic carbocycles. The van der Waals surface area contributed by atoms with Gasteiger partial charge in [-0.3, -0.25) is 0 Å². The molecule has 16 heavy (non-hydrogen) atoms. The van der Waals surface area contributed by atoms with Crippen molar-refractivity contribution in [3.63, 3.8) is 0 Å². The van der Waals surface area contributed by atoms with Gasteiger partial charge in [-0.2, -0.15) is 8.42 Å². The number of allylic oxidation sites excluding steroid dienone is 1. The summed E-state index contributed by atoms with van der Waals surface area (Å²) in [5.41, 5.74) is -0.756. The van der Waals surface area contributed by atoms with E-state index in [1.54, 1.807) is 0 Å². The molecule has 0 aromatic rings. The van der Waals surface area contributed by atoms with Crippen molar-refractivity contribution in [1.82, 2.24) is 0 Å². The number of carbonyl (C=O) groups excluding carboxylic acids is 1. The maximum absolute atomic E-state index is 10.6. The molecule has 0 spiro atoms. The average Bonchev–Trinajstić information content (AvgIpc) is 2.16. The van der Waals surface area contributed by atoms with Gasteiger partial charge < -0.3 is 15.0 Å². The van der Waals surface area contributed by atoms with Gasteiger partial charge in [0.15, 0.2) is 0 Å². The minimum absolute atomic E-state index is 0. The number of carboxylic acid groups (broad SMARTS) is 2. The van der Waals surface area contributed by atoms with Gasteiger partial charge in [0, 0.05) is 12.0 Å². The SMILES string of the molecule is O=C([O-])C1=CC(=S(=O)=O)CC(C(=O)O)=C1.[Na+]. The summed E-state index contributed by atoms with van der Waals surface area (Å²) in [4.78, 5) is 20.7. The Hall–Kier alpha value is -0.890. The first-order valence-electron chi connectivity index (χ1n) is 3.74. The van der Waals surface area contributed by atoms with Crippen LogP contribution in [-0.4, -0.2) is 30.3 Å². The molecule has 0 saturated carbocycles. The van der Waals surface area contributed by atoms with E-state index >= 15 is 0 Å². The number of rotatable bonds is 2. The first-order chi connectivity index (χ1) is 6.91. The Morgan fingerprint density at radius 2 is 1.88 bits per heavy atom. The van der Waals surface area contributed by atoms with Crippen LogP contribution in [0, 0.1) is 0 Å². The summed E-state index contributed by atoms with van der Waals surface area (Å²) in [5, 5.41) is 19.1. The van der Waals surface area contributed by atoms with Gasteiger partial charge in [0.05, 0.1) is 10.8 Å².